The second-order valence-corrected chi connectivity index (χ2v) is 4.93. The third kappa shape index (κ3) is 4.15. The summed E-state index contributed by atoms with van der Waals surface area (Å²) in [6.07, 6.45) is 4.17. The van der Waals surface area contributed by atoms with Crippen molar-refractivity contribution in [3.8, 4) is 5.75 Å². The first-order chi connectivity index (χ1) is 9.65. The summed E-state index contributed by atoms with van der Waals surface area (Å²) in [5, 5.41) is 0. The van der Waals surface area contributed by atoms with Gasteiger partial charge < -0.3 is 15.4 Å². The zero-order valence-electron chi connectivity index (χ0n) is 12.8. The Kier molecular flexibility index (Phi) is 6.91. The standard InChI is InChI=1S/C16H26N2O2/c1-4-6-11-18(12-7-5-2)16(19)13-9-8-10-14(17)15(13)20-3/h8-10H,4-7,11-12,17H2,1-3H3. The van der Waals surface area contributed by atoms with Crippen molar-refractivity contribution in [1.82, 2.24) is 4.90 Å². The Morgan fingerprint density at radius 2 is 1.80 bits per heavy atom. The van der Waals surface area contributed by atoms with Crippen LogP contribution in [0.4, 0.5) is 5.69 Å². The first kappa shape index (κ1) is 16.3. The predicted molar refractivity (Wildman–Crippen MR) is 83.1 cm³/mol. The molecule has 1 aromatic rings. The van der Waals surface area contributed by atoms with Gasteiger partial charge in [0.05, 0.1) is 18.4 Å². The molecule has 0 aromatic heterocycles. The molecule has 0 radical (unpaired) electrons. The Hall–Kier alpha value is -1.71. The van der Waals surface area contributed by atoms with Crippen LogP contribution in [0.25, 0.3) is 0 Å². The average molecular weight is 278 g/mol. The number of benzene rings is 1. The molecule has 0 saturated heterocycles. The van der Waals surface area contributed by atoms with Crippen LogP contribution < -0.4 is 10.5 Å². The Labute approximate surface area is 121 Å². The number of ether oxygens (including phenoxy) is 1. The van der Waals surface area contributed by atoms with Gasteiger partial charge in [0.1, 0.15) is 0 Å². The van der Waals surface area contributed by atoms with Crippen molar-refractivity contribution in [2.45, 2.75) is 39.5 Å². The molecule has 1 rings (SSSR count). The zero-order chi connectivity index (χ0) is 15.0. The summed E-state index contributed by atoms with van der Waals surface area (Å²) in [5.41, 5.74) is 6.93. The van der Waals surface area contributed by atoms with E-state index in [-0.39, 0.29) is 5.91 Å². The lowest BCUT2D eigenvalue weighted by molar-refractivity contribution is 0.0748. The third-order valence-electron chi connectivity index (χ3n) is 3.33. The predicted octanol–water partition coefficient (Wildman–Crippen LogP) is 3.32. The van der Waals surface area contributed by atoms with Gasteiger partial charge in [-0.2, -0.15) is 0 Å². The van der Waals surface area contributed by atoms with Gasteiger partial charge in [0.2, 0.25) is 0 Å². The number of anilines is 1. The Bertz CT molecular complexity index is 424. The number of carbonyl (C=O) groups excluding carboxylic acids is 1. The average Bonchev–Trinajstić information content (AvgIpc) is 2.46. The topological polar surface area (TPSA) is 55.6 Å². The van der Waals surface area contributed by atoms with Gasteiger partial charge in [0.15, 0.2) is 5.75 Å². The highest BCUT2D eigenvalue weighted by atomic mass is 16.5. The number of para-hydroxylation sites is 1. The van der Waals surface area contributed by atoms with Gasteiger partial charge in [0.25, 0.3) is 5.91 Å². The van der Waals surface area contributed by atoms with Crippen LogP contribution in [0.3, 0.4) is 0 Å². The summed E-state index contributed by atoms with van der Waals surface area (Å²) < 4.78 is 5.28. The number of nitrogens with zero attached hydrogens (tertiary/aromatic N) is 1. The molecule has 1 amide bonds. The highest BCUT2D eigenvalue weighted by molar-refractivity contribution is 5.98. The fraction of sp³-hybridized carbons (Fsp3) is 0.562. The van der Waals surface area contributed by atoms with Crippen LogP contribution in [0, 0.1) is 0 Å². The Morgan fingerprint density at radius 1 is 1.20 bits per heavy atom. The summed E-state index contributed by atoms with van der Waals surface area (Å²) in [7, 11) is 1.55. The Balaban J connectivity index is 2.95. The summed E-state index contributed by atoms with van der Waals surface area (Å²) in [6.45, 7) is 5.83. The molecule has 0 bridgehead atoms. The van der Waals surface area contributed by atoms with Crippen LogP contribution in [0.2, 0.25) is 0 Å². The fourth-order valence-corrected chi connectivity index (χ4v) is 2.13. The smallest absolute Gasteiger partial charge is 0.257 e. The van der Waals surface area contributed by atoms with E-state index in [1.54, 1.807) is 25.3 Å². The summed E-state index contributed by atoms with van der Waals surface area (Å²) in [4.78, 5) is 14.6. The molecule has 20 heavy (non-hydrogen) atoms. The van der Waals surface area contributed by atoms with Crippen LogP contribution in [0.1, 0.15) is 49.9 Å². The lowest BCUT2D eigenvalue weighted by atomic mass is 10.1. The van der Waals surface area contributed by atoms with E-state index in [0.717, 1.165) is 38.8 Å². The van der Waals surface area contributed by atoms with E-state index in [1.165, 1.54) is 0 Å². The maximum absolute atomic E-state index is 12.7. The molecule has 0 aliphatic rings. The molecule has 0 aliphatic carbocycles. The van der Waals surface area contributed by atoms with E-state index >= 15 is 0 Å². The number of methoxy groups -OCH3 is 1. The van der Waals surface area contributed by atoms with E-state index in [2.05, 4.69) is 13.8 Å². The van der Waals surface area contributed by atoms with Crippen molar-refractivity contribution in [2.24, 2.45) is 0 Å². The molecule has 0 saturated carbocycles. The maximum Gasteiger partial charge on any atom is 0.257 e. The van der Waals surface area contributed by atoms with Gasteiger partial charge in [-0.3, -0.25) is 4.79 Å². The lowest BCUT2D eigenvalue weighted by Crippen LogP contribution is -2.33. The van der Waals surface area contributed by atoms with Crippen LogP contribution in [-0.2, 0) is 0 Å². The minimum atomic E-state index is 0.0102. The zero-order valence-corrected chi connectivity index (χ0v) is 12.8. The highest BCUT2D eigenvalue weighted by Gasteiger charge is 2.20. The van der Waals surface area contributed by atoms with Crippen LogP contribution in [-0.4, -0.2) is 31.0 Å². The van der Waals surface area contributed by atoms with Crippen LogP contribution in [0.15, 0.2) is 18.2 Å². The number of nitrogen functional groups attached to an aromatic ring is 1. The van der Waals surface area contributed by atoms with Crippen molar-refractivity contribution in [3.05, 3.63) is 23.8 Å². The second kappa shape index (κ2) is 8.46. The van der Waals surface area contributed by atoms with Crippen molar-refractivity contribution in [3.63, 3.8) is 0 Å². The number of unbranched alkanes of at least 4 members (excludes halogenated alkanes) is 2. The first-order valence-corrected chi connectivity index (χ1v) is 7.37. The van der Waals surface area contributed by atoms with Crippen LogP contribution in [0.5, 0.6) is 5.75 Å². The van der Waals surface area contributed by atoms with E-state index < -0.39 is 0 Å². The van der Waals surface area contributed by atoms with Crippen molar-refractivity contribution < 1.29 is 9.53 Å². The molecule has 0 unspecified atom stereocenters. The maximum atomic E-state index is 12.7. The second-order valence-electron chi connectivity index (χ2n) is 4.93. The molecule has 0 atom stereocenters. The summed E-state index contributed by atoms with van der Waals surface area (Å²) >= 11 is 0. The van der Waals surface area contributed by atoms with E-state index in [1.807, 2.05) is 4.90 Å². The van der Waals surface area contributed by atoms with Crippen molar-refractivity contribution in [1.29, 1.82) is 0 Å². The minimum absolute atomic E-state index is 0.0102. The van der Waals surface area contributed by atoms with Crippen molar-refractivity contribution in [2.75, 3.05) is 25.9 Å². The van der Waals surface area contributed by atoms with Crippen LogP contribution >= 0.6 is 0 Å². The number of amides is 1. The molecule has 0 fully saturated rings. The molecule has 0 spiro atoms. The number of rotatable bonds is 8. The molecule has 0 heterocycles. The van der Waals surface area contributed by atoms with Gasteiger partial charge in [-0.1, -0.05) is 32.8 Å². The monoisotopic (exact) mass is 278 g/mol. The third-order valence-corrected chi connectivity index (χ3v) is 3.33. The highest BCUT2D eigenvalue weighted by Crippen LogP contribution is 2.27. The molecule has 0 aliphatic heterocycles. The molecular formula is C16H26N2O2. The molecule has 4 nitrogen and oxygen atoms in total. The Morgan fingerprint density at radius 3 is 2.30 bits per heavy atom. The number of nitrogens with two attached hydrogens (primary N) is 1. The normalized spacial score (nSPS) is 10.3. The largest absolute Gasteiger partial charge is 0.494 e. The summed E-state index contributed by atoms with van der Waals surface area (Å²) in [6, 6.07) is 5.32. The van der Waals surface area contributed by atoms with E-state index in [0.29, 0.717) is 17.0 Å². The molecule has 2 N–H and O–H groups in total. The fourth-order valence-electron chi connectivity index (χ4n) is 2.13. The number of hydrogen-bond acceptors (Lipinski definition) is 3. The molecule has 1 aromatic carbocycles. The number of hydrogen-bond donors (Lipinski definition) is 1. The van der Waals surface area contributed by atoms with E-state index in [4.69, 9.17) is 10.5 Å². The van der Waals surface area contributed by atoms with Gasteiger partial charge >= 0.3 is 0 Å². The summed E-state index contributed by atoms with van der Waals surface area (Å²) in [5.74, 6) is 0.492. The lowest BCUT2D eigenvalue weighted by Gasteiger charge is -2.23. The van der Waals surface area contributed by atoms with Gasteiger partial charge in [-0.25, -0.2) is 0 Å². The van der Waals surface area contributed by atoms with E-state index in [9.17, 15) is 4.79 Å². The molecule has 4 heteroatoms. The molecular weight excluding hydrogens is 252 g/mol. The van der Waals surface area contributed by atoms with Gasteiger partial charge in [-0.15, -0.1) is 0 Å². The number of carbonyl (C=O) groups is 1. The molecule has 112 valence electrons. The first-order valence-electron chi connectivity index (χ1n) is 7.37. The van der Waals surface area contributed by atoms with Gasteiger partial charge in [0, 0.05) is 13.1 Å². The quantitative estimate of drug-likeness (QED) is 0.742. The SMILES string of the molecule is CCCCN(CCCC)C(=O)c1cccc(N)c1OC. The minimum Gasteiger partial charge on any atom is -0.494 e. The van der Waals surface area contributed by atoms with Crippen molar-refractivity contribution >= 4 is 11.6 Å². The van der Waals surface area contributed by atoms with Gasteiger partial charge in [-0.05, 0) is 25.0 Å².